The van der Waals surface area contributed by atoms with Gasteiger partial charge < -0.3 is 19.7 Å². The Morgan fingerprint density at radius 3 is 2.65 bits per heavy atom. The fraction of sp³-hybridized carbons (Fsp3) is 0.524. The summed E-state index contributed by atoms with van der Waals surface area (Å²) in [6, 6.07) is 7.60. The molecule has 10 heteroatoms. The standard InChI is InChI=1S/C21H28N6O4/c1-2-31-17-6-4-16(5-7-17)26-10-11-27-20(29)18(23-24-21(26)27)19(28)22-8-3-9-25-12-14-30-15-13-25/h4-7H,2-3,8-15H2,1H3,(H,22,28). The molecule has 0 atom stereocenters. The number of nitrogens with zero attached hydrogens (tertiary/aromatic N) is 5. The van der Waals surface area contributed by atoms with Gasteiger partial charge in [-0.15, -0.1) is 10.2 Å². The molecule has 2 aromatic rings. The van der Waals surface area contributed by atoms with Crippen LogP contribution in [0.25, 0.3) is 0 Å². The molecule has 3 heterocycles. The first-order chi connectivity index (χ1) is 15.2. The van der Waals surface area contributed by atoms with Crippen LogP contribution in [0, 0.1) is 0 Å². The lowest BCUT2D eigenvalue weighted by Crippen LogP contribution is -2.39. The van der Waals surface area contributed by atoms with Crippen molar-refractivity contribution in [2.75, 3.05) is 57.4 Å². The highest BCUT2D eigenvalue weighted by Gasteiger charge is 2.27. The molecule has 2 aliphatic rings. The first-order valence-corrected chi connectivity index (χ1v) is 10.7. The Labute approximate surface area is 180 Å². The minimum Gasteiger partial charge on any atom is -0.494 e. The van der Waals surface area contributed by atoms with Gasteiger partial charge in [0.1, 0.15) is 5.75 Å². The summed E-state index contributed by atoms with van der Waals surface area (Å²) < 4.78 is 12.3. The fourth-order valence-corrected chi connectivity index (χ4v) is 3.80. The number of carbonyl (C=O) groups excluding carboxylic acids is 1. The molecule has 0 radical (unpaired) electrons. The van der Waals surface area contributed by atoms with Gasteiger partial charge in [0, 0.05) is 38.4 Å². The van der Waals surface area contributed by atoms with E-state index < -0.39 is 11.5 Å². The largest absolute Gasteiger partial charge is 0.494 e. The van der Waals surface area contributed by atoms with Gasteiger partial charge in [-0.3, -0.25) is 19.1 Å². The van der Waals surface area contributed by atoms with E-state index in [2.05, 4.69) is 20.4 Å². The molecule has 166 valence electrons. The summed E-state index contributed by atoms with van der Waals surface area (Å²) in [5.74, 6) is 0.752. The van der Waals surface area contributed by atoms with Crippen LogP contribution in [0.1, 0.15) is 23.8 Å². The van der Waals surface area contributed by atoms with Crippen LogP contribution in [0.15, 0.2) is 29.1 Å². The Hall–Kier alpha value is -2.98. The van der Waals surface area contributed by atoms with Crippen LogP contribution in [-0.2, 0) is 11.3 Å². The smallest absolute Gasteiger partial charge is 0.286 e. The molecular formula is C21H28N6O4. The van der Waals surface area contributed by atoms with Gasteiger partial charge in [0.15, 0.2) is 0 Å². The second-order valence-electron chi connectivity index (χ2n) is 7.45. The molecule has 31 heavy (non-hydrogen) atoms. The summed E-state index contributed by atoms with van der Waals surface area (Å²) in [6.45, 7) is 8.27. The molecule has 0 saturated carbocycles. The van der Waals surface area contributed by atoms with Crippen LogP contribution in [-0.4, -0.2) is 78.1 Å². The van der Waals surface area contributed by atoms with Gasteiger partial charge in [0.2, 0.25) is 11.6 Å². The maximum Gasteiger partial charge on any atom is 0.286 e. The Kier molecular flexibility index (Phi) is 6.78. The van der Waals surface area contributed by atoms with Crippen LogP contribution >= 0.6 is 0 Å². The number of anilines is 2. The van der Waals surface area contributed by atoms with E-state index in [9.17, 15) is 9.59 Å². The summed E-state index contributed by atoms with van der Waals surface area (Å²) in [4.78, 5) is 29.5. The van der Waals surface area contributed by atoms with Crippen LogP contribution in [0.3, 0.4) is 0 Å². The average molecular weight is 428 g/mol. The summed E-state index contributed by atoms with van der Waals surface area (Å²) in [6.07, 6.45) is 0.803. The molecule has 1 amide bonds. The Bertz CT molecular complexity index is 955. The first-order valence-electron chi connectivity index (χ1n) is 10.7. The molecule has 0 bridgehead atoms. The average Bonchev–Trinajstić information content (AvgIpc) is 3.23. The number of hydrogen-bond acceptors (Lipinski definition) is 8. The molecule has 1 fully saturated rings. The molecule has 10 nitrogen and oxygen atoms in total. The van der Waals surface area contributed by atoms with Crippen LogP contribution in [0.2, 0.25) is 0 Å². The maximum absolute atomic E-state index is 12.8. The van der Waals surface area contributed by atoms with E-state index in [0.29, 0.717) is 32.2 Å². The lowest BCUT2D eigenvalue weighted by Gasteiger charge is -2.26. The molecule has 0 spiro atoms. The van der Waals surface area contributed by atoms with Gasteiger partial charge in [0.05, 0.1) is 19.8 Å². The zero-order valence-corrected chi connectivity index (χ0v) is 17.7. The first kappa shape index (κ1) is 21.3. The Morgan fingerprint density at radius 2 is 1.90 bits per heavy atom. The number of ether oxygens (including phenoxy) is 2. The lowest BCUT2D eigenvalue weighted by atomic mass is 10.3. The van der Waals surface area contributed by atoms with Crippen molar-refractivity contribution in [2.24, 2.45) is 0 Å². The van der Waals surface area contributed by atoms with Crippen molar-refractivity contribution in [3.05, 3.63) is 40.3 Å². The lowest BCUT2D eigenvalue weighted by molar-refractivity contribution is 0.0374. The third-order valence-electron chi connectivity index (χ3n) is 5.43. The molecule has 2 aliphatic heterocycles. The molecule has 1 aromatic carbocycles. The van der Waals surface area contributed by atoms with Crippen molar-refractivity contribution in [3.8, 4) is 5.75 Å². The number of fused-ring (bicyclic) bond motifs is 1. The van der Waals surface area contributed by atoms with Crippen molar-refractivity contribution in [3.63, 3.8) is 0 Å². The molecule has 0 aliphatic carbocycles. The van der Waals surface area contributed by atoms with Crippen molar-refractivity contribution in [1.29, 1.82) is 0 Å². The van der Waals surface area contributed by atoms with Crippen molar-refractivity contribution in [2.45, 2.75) is 19.9 Å². The summed E-state index contributed by atoms with van der Waals surface area (Å²) in [7, 11) is 0. The second-order valence-corrected chi connectivity index (χ2v) is 7.45. The SMILES string of the molecule is CCOc1ccc(N2CCn3c2nnc(C(=O)NCCCN2CCOCC2)c3=O)cc1. The number of nitrogens with one attached hydrogen (secondary N) is 1. The summed E-state index contributed by atoms with van der Waals surface area (Å²) in [5.41, 5.74) is 0.316. The fourth-order valence-electron chi connectivity index (χ4n) is 3.80. The number of amides is 1. The van der Waals surface area contributed by atoms with Crippen LogP contribution in [0.5, 0.6) is 5.75 Å². The van der Waals surface area contributed by atoms with Crippen molar-refractivity contribution < 1.29 is 14.3 Å². The third kappa shape index (κ3) is 4.86. The molecule has 0 unspecified atom stereocenters. The normalized spacial score (nSPS) is 16.2. The second kappa shape index (κ2) is 9.88. The van der Waals surface area contributed by atoms with Gasteiger partial charge >= 0.3 is 0 Å². The minimum atomic E-state index is -0.478. The predicted molar refractivity (Wildman–Crippen MR) is 115 cm³/mol. The van der Waals surface area contributed by atoms with E-state index in [-0.39, 0.29) is 5.69 Å². The highest BCUT2D eigenvalue weighted by molar-refractivity contribution is 5.91. The number of carbonyl (C=O) groups is 1. The van der Waals surface area contributed by atoms with Gasteiger partial charge in [0.25, 0.3) is 11.5 Å². The van der Waals surface area contributed by atoms with Crippen LogP contribution in [0.4, 0.5) is 11.6 Å². The van der Waals surface area contributed by atoms with Crippen LogP contribution < -0.4 is 20.5 Å². The van der Waals surface area contributed by atoms with E-state index in [1.165, 1.54) is 4.57 Å². The van der Waals surface area contributed by atoms with Gasteiger partial charge in [-0.25, -0.2) is 0 Å². The monoisotopic (exact) mass is 428 g/mol. The Balaban J connectivity index is 1.38. The van der Waals surface area contributed by atoms with E-state index >= 15 is 0 Å². The summed E-state index contributed by atoms with van der Waals surface area (Å²) >= 11 is 0. The number of aromatic nitrogens is 3. The van der Waals surface area contributed by atoms with E-state index in [1.807, 2.05) is 36.1 Å². The van der Waals surface area contributed by atoms with Crippen molar-refractivity contribution in [1.82, 2.24) is 25.0 Å². The topological polar surface area (TPSA) is 102 Å². The van der Waals surface area contributed by atoms with E-state index in [4.69, 9.17) is 9.47 Å². The van der Waals surface area contributed by atoms with E-state index in [0.717, 1.165) is 50.7 Å². The number of benzene rings is 1. The van der Waals surface area contributed by atoms with Crippen molar-refractivity contribution >= 4 is 17.5 Å². The third-order valence-corrected chi connectivity index (χ3v) is 5.43. The molecule has 4 rings (SSSR count). The molecule has 1 aromatic heterocycles. The number of rotatable bonds is 8. The molecule has 1 N–H and O–H groups in total. The van der Waals surface area contributed by atoms with Gasteiger partial charge in [-0.2, -0.15) is 0 Å². The minimum absolute atomic E-state index is 0.163. The number of morpholine rings is 1. The highest BCUT2D eigenvalue weighted by Crippen LogP contribution is 2.28. The Morgan fingerprint density at radius 1 is 1.13 bits per heavy atom. The molecule has 1 saturated heterocycles. The van der Waals surface area contributed by atoms with Gasteiger partial charge in [-0.05, 0) is 44.2 Å². The van der Waals surface area contributed by atoms with E-state index in [1.54, 1.807) is 0 Å². The maximum atomic E-state index is 12.8. The number of hydrogen-bond donors (Lipinski definition) is 1. The zero-order valence-electron chi connectivity index (χ0n) is 17.7. The predicted octanol–water partition coefficient (Wildman–Crippen LogP) is 0.641. The summed E-state index contributed by atoms with van der Waals surface area (Å²) in [5, 5.41) is 10.9. The molecular weight excluding hydrogens is 400 g/mol. The van der Waals surface area contributed by atoms with Gasteiger partial charge in [-0.1, -0.05) is 0 Å². The zero-order chi connectivity index (χ0) is 21.6. The highest BCUT2D eigenvalue weighted by atomic mass is 16.5. The quantitative estimate of drug-likeness (QED) is 0.612.